The Kier molecular flexibility index (Phi) is 4.64. The highest BCUT2D eigenvalue weighted by Gasteiger charge is 2.22. The summed E-state index contributed by atoms with van der Waals surface area (Å²) in [7, 11) is 0. The maximum atomic E-state index is 10.8. The molecule has 0 bridgehead atoms. The van der Waals surface area contributed by atoms with Crippen molar-refractivity contribution in [3.63, 3.8) is 0 Å². The Balaban J connectivity index is 1.62. The van der Waals surface area contributed by atoms with Gasteiger partial charge in [0.05, 0.1) is 4.92 Å². The van der Waals surface area contributed by atoms with E-state index in [1.807, 2.05) is 6.92 Å². The second-order valence-corrected chi connectivity index (χ2v) is 6.37. The molecule has 1 N–H and O–H groups in total. The lowest BCUT2D eigenvalue weighted by Crippen LogP contribution is -2.39. The summed E-state index contributed by atoms with van der Waals surface area (Å²) in [5.74, 6) is 0.856. The molecule has 6 nitrogen and oxygen atoms in total. The van der Waals surface area contributed by atoms with Gasteiger partial charge < -0.3 is 10.2 Å². The highest BCUT2D eigenvalue weighted by molar-refractivity contribution is 5.51. The third-order valence-corrected chi connectivity index (χ3v) is 4.43. The van der Waals surface area contributed by atoms with Crippen LogP contribution in [0.4, 0.5) is 17.2 Å². The van der Waals surface area contributed by atoms with E-state index in [1.54, 1.807) is 6.07 Å². The van der Waals surface area contributed by atoms with E-state index in [0.29, 0.717) is 6.04 Å². The number of rotatable bonds is 4. The van der Waals surface area contributed by atoms with Crippen molar-refractivity contribution in [1.29, 1.82) is 0 Å². The summed E-state index contributed by atoms with van der Waals surface area (Å²) >= 11 is 0. The fraction of sp³-hybridized carbons (Fsp3) is 0.389. The third-order valence-electron chi connectivity index (χ3n) is 4.43. The zero-order valence-electron chi connectivity index (χ0n) is 14.0. The van der Waals surface area contributed by atoms with Gasteiger partial charge in [-0.05, 0) is 49.9 Å². The molecule has 2 heterocycles. The van der Waals surface area contributed by atoms with Gasteiger partial charge in [-0.25, -0.2) is 4.98 Å². The van der Waals surface area contributed by atoms with E-state index < -0.39 is 4.92 Å². The number of anilines is 2. The van der Waals surface area contributed by atoms with Crippen molar-refractivity contribution in [2.45, 2.75) is 32.7 Å². The monoisotopic (exact) mass is 326 g/mol. The number of nitrogens with one attached hydrogen (secondary N) is 1. The molecule has 0 amide bonds. The van der Waals surface area contributed by atoms with Crippen LogP contribution in [0.25, 0.3) is 0 Å². The highest BCUT2D eigenvalue weighted by atomic mass is 16.6. The van der Waals surface area contributed by atoms with Crippen molar-refractivity contribution in [1.82, 2.24) is 4.98 Å². The average molecular weight is 326 g/mol. The zero-order chi connectivity index (χ0) is 17.1. The first-order chi connectivity index (χ1) is 11.5. The molecule has 24 heavy (non-hydrogen) atoms. The van der Waals surface area contributed by atoms with Gasteiger partial charge in [-0.1, -0.05) is 12.1 Å². The number of aryl methyl sites for hydroxylation is 2. The van der Waals surface area contributed by atoms with Crippen molar-refractivity contribution >= 4 is 17.2 Å². The second kappa shape index (κ2) is 6.86. The Bertz CT molecular complexity index is 740. The van der Waals surface area contributed by atoms with Crippen molar-refractivity contribution in [2.75, 3.05) is 23.3 Å². The molecule has 0 atom stereocenters. The molecule has 2 aromatic rings. The van der Waals surface area contributed by atoms with Crippen molar-refractivity contribution in [3.8, 4) is 0 Å². The molecule has 0 unspecified atom stereocenters. The predicted octanol–water partition coefficient (Wildman–Crippen LogP) is 3.69. The van der Waals surface area contributed by atoms with Crippen LogP contribution in [0.1, 0.15) is 24.0 Å². The molecule has 1 aromatic heterocycles. The first-order valence-corrected chi connectivity index (χ1v) is 8.22. The highest BCUT2D eigenvalue weighted by Crippen LogP contribution is 2.25. The van der Waals surface area contributed by atoms with E-state index in [9.17, 15) is 10.1 Å². The standard InChI is InChI=1S/C18H22N4O2/c1-13-4-3-5-16(10-13)20-15-6-8-21(9-7-15)18-14(2)11-17(12-19-18)22(23)24/h3-5,10-12,15,20H,6-9H2,1-2H3. The predicted molar refractivity (Wildman–Crippen MR) is 95.7 cm³/mol. The van der Waals surface area contributed by atoms with Gasteiger partial charge in [0.2, 0.25) is 0 Å². The largest absolute Gasteiger partial charge is 0.382 e. The molecular formula is C18H22N4O2. The quantitative estimate of drug-likeness (QED) is 0.685. The fourth-order valence-electron chi connectivity index (χ4n) is 3.19. The van der Waals surface area contributed by atoms with Crippen LogP contribution in [-0.4, -0.2) is 29.0 Å². The average Bonchev–Trinajstić information content (AvgIpc) is 2.55. The third kappa shape index (κ3) is 3.64. The smallest absolute Gasteiger partial charge is 0.287 e. The topological polar surface area (TPSA) is 71.3 Å². The van der Waals surface area contributed by atoms with Crippen molar-refractivity contribution < 1.29 is 4.92 Å². The molecule has 1 fully saturated rings. The van der Waals surface area contributed by atoms with Crippen LogP contribution in [0.5, 0.6) is 0 Å². The summed E-state index contributed by atoms with van der Waals surface area (Å²) < 4.78 is 0. The van der Waals surface area contributed by atoms with E-state index in [4.69, 9.17) is 0 Å². The van der Waals surface area contributed by atoms with Gasteiger partial charge in [0.15, 0.2) is 0 Å². The SMILES string of the molecule is Cc1cccc(NC2CCN(c3ncc([N+](=O)[O-])cc3C)CC2)c1. The van der Waals surface area contributed by atoms with Crippen LogP contribution >= 0.6 is 0 Å². The molecule has 1 aliphatic heterocycles. The van der Waals surface area contributed by atoms with Crippen LogP contribution in [-0.2, 0) is 0 Å². The van der Waals surface area contributed by atoms with Gasteiger partial charge in [0, 0.05) is 30.9 Å². The maximum Gasteiger partial charge on any atom is 0.287 e. The minimum Gasteiger partial charge on any atom is -0.382 e. The van der Waals surface area contributed by atoms with E-state index in [2.05, 4.69) is 46.4 Å². The molecule has 0 radical (unpaired) electrons. The molecule has 6 heteroatoms. The molecule has 0 saturated carbocycles. The fourth-order valence-corrected chi connectivity index (χ4v) is 3.19. The van der Waals surface area contributed by atoms with Crippen LogP contribution in [0.2, 0.25) is 0 Å². The van der Waals surface area contributed by atoms with Crippen LogP contribution in [0.15, 0.2) is 36.5 Å². The molecule has 126 valence electrons. The van der Waals surface area contributed by atoms with Crippen LogP contribution in [0.3, 0.4) is 0 Å². The summed E-state index contributed by atoms with van der Waals surface area (Å²) in [5, 5.41) is 14.4. The van der Waals surface area contributed by atoms with E-state index in [1.165, 1.54) is 11.8 Å². The summed E-state index contributed by atoms with van der Waals surface area (Å²) in [6, 6.07) is 10.5. The van der Waals surface area contributed by atoms with E-state index in [0.717, 1.165) is 43.0 Å². The minimum atomic E-state index is -0.401. The molecule has 1 aromatic carbocycles. The summed E-state index contributed by atoms with van der Waals surface area (Å²) in [6.45, 7) is 5.77. The molecule has 1 saturated heterocycles. The molecule has 3 rings (SSSR count). The van der Waals surface area contributed by atoms with E-state index >= 15 is 0 Å². The van der Waals surface area contributed by atoms with Crippen molar-refractivity contribution in [2.24, 2.45) is 0 Å². The maximum absolute atomic E-state index is 10.8. The van der Waals surface area contributed by atoms with Gasteiger partial charge in [-0.3, -0.25) is 10.1 Å². The van der Waals surface area contributed by atoms with E-state index in [-0.39, 0.29) is 5.69 Å². The first-order valence-electron chi connectivity index (χ1n) is 8.22. The molecular weight excluding hydrogens is 304 g/mol. The lowest BCUT2D eigenvalue weighted by Gasteiger charge is -2.34. The Hall–Kier alpha value is -2.63. The summed E-state index contributed by atoms with van der Waals surface area (Å²) in [6.07, 6.45) is 3.39. The van der Waals surface area contributed by atoms with Gasteiger partial charge >= 0.3 is 0 Å². The normalized spacial score (nSPS) is 15.3. The number of nitro groups is 1. The Labute approximate surface area is 141 Å². The lowest BCUT2D eigenvalue weighted by molar-refractivity contribution is -0.385. The van der Waals surface area contributed by atoms with Gasteiger partial charge in [-0.15, -0.1) is 0 Å². The van der Waals surface area contributed by atoms with Gasteiger partial charge in [0.25, 0.3) is 5.69 Å². The summed E-state index contributed by atoms with van der Waals surface area (Å²) in [5.41, 5.74) is 3.32. The lowest BCUT2D eigenvalue weighted by atomic mass is 10.0. The van der Waals surface area contributed by atoms with Crippen molar-refractivity contribution in [3.05, 3.63) is 57.8 Å². The van der Waals surface area contributed by atoms with Crippen LogP contribution in [0, 0.1) is 24.0 Å². The number of hydrogen-bond acceptors (Lipinski definition) is 5. The number of nitrogens with zero attached hydrogens (tertiary/aromatic N) is 3. The minimum absolute atomic E-state index is 0.0484. The molecule has 1 aliphatic rings. The first kappa shape index (κ1) is 16.2. The number of hydrogen-bond donors (Lipinski definition) is 1. The summed E-state index contributed by atoms with van der Waals surface area (Å²) in [4.78, 5) is 16.9. The molecule has 0 spiro atoms. The Morgan fingerprint density at radius 3 is 2.62 bits per heavy atom. The Morgan fingerprint density at radius 1 is 1.25 bits per heavy atom. The van der Waals surface area contributed by atoms with Crippen LogP contribution < -0.4 is 10.2 Å². The zero-order valence-corrected chi connectivity index (χ0v) is 14.0. The molecule has 0 aliphatic carbocycles. The number of piperidine rings is 1. The number of benzene rings is 1. The number of aromatic nitrogens is 1. The second-order valence-electron chi connectivity index (χ2n) is 6.37. The van der Waals surface area contributed by atoms with Gasteiger partial charge in [-0.2, -0.15) is 0 Å². The number of pyridine rings is 1. The Morgan fingerprint density at radius 2 is 2.00 bits per heavy atom. The van der Waals surface area contributed by atoms with Gasteiger partial charge in [0.1, 0.15) is 12.0 Å².